The number of ether oxygens (including phenoxy) is 1. The molecule has 3 aliphatic rings. The van der Waals surface area contributed by atoms with Gasteiger partial charge < -0.3 is 9.84 Å². The maximum atomic E-state index is 15.5. The maximum absolute atomic E-state index is 15.5. The Morgan fingerprint density at radius 2 is 1.83 bits per heavy atom. The van der Waals surface area contributed by atoms with E-state index in [1.54, 1.807) is 0 Å². The number of sulfonamides is 1. The normalized spacial score (nSPS) is 31.0. The number of rotatable bonds is 5. The first-order valence-corrected chi connectivity index (χ1v) is 15.2. The summed E-state index contributed by atoms with van der Waals surface area (Å²) in [6.07, 6.45) is 0.581. The van der Waals surface area contributed by atoms with Gasteiger partial charge in [-0.2, -0.15) is 0 Å². The Morgan fingerprint density at radius 3 is 2.53 bits per heavy atom. The molecule has 2 fully saturated rings. The Balaban J connectivity index is 1.70. The SMILES string of the molecule is O=S1(=O)N[C@H]2CC[C@@]3(S(=O)(=O)c4ccc(Cl)cc4)c4c(F)ccc(F)c4OC[C@H]3[C@H]2C[C@H]1CCCO. The molecule has 0 unspecified atom stereocenters. The molecule has 0 radical (unpaired) electrons. The smallest absolute Gasteiger partial charge is 0.214 e. The zero-order valence-corrected chi connectivity index (χ0v) is 21.6. The maximum Gasteiger partial charge on any atom is 0.214 e. The predicted molar refractivity (Wildman–Crippen MR) is 129 cm³/mol. The van der Waals surface area contributed by atoms with Gasteiger partial charge in [0.1, 0.15) is 10.6 Å². The summed E-state index contributed by atoms with van der Waals surface area (Å²) in [6, 6.07) is 6.77. The van der Waals surface area contributed by atoms with E-state index in [9.17, 15) is 26.3 Å². The van der Waals surface area contributed by atoms with Gasteiger partial charge in [-0.05, 0) is 74.4 Å². The second-order valence-electron chi connectivity index (χ2n) is 9.69. The highest BCUT2D eigenvalue weighted by molar-refractivity contribution is 7.92. The zero-order chi connectivity index (χ0) is 25.9. The minimum Gasteiger partial charge on any atom is -0.490 e. The third-order valence-corrected chi connectivity index (χ3v) is 12.7. The van der Waals surface area contributed by atoms with E-state index in [2.05, 4.69) is 4.72 Å². The van der Waals surface area contributed by atoms with Crippen LogP contribution < -0.4 is 9.46 Å². The van der Waals surface area contributed by atoms with E-state index in [0.29, 0.717) is 5.02 Å². The minimum absolute atomic E-state index is 0.0833. The van der Waals surface area contributed by atoms with E-state index in [0.717, 1.165) is 12.1 Å². The molecule has 2 aromatic rings. The molecule has 5 atom stereocenters. The van der Waals surface area contributed by atoms with E-state index in [-0.39, 0.29) is 55.8 Å². The molecule has 0 aromatic heterocycles. The van der Waals surface area contributed by atoms with Crippen molar-refractivity contribution in [2.45, 2.75) is 53.0 Å². The summed E-state index contributed by atoms with van der Waals surface area (Å²) in [4.78, 5) is -0.0833. The van der Waals surface area contributed by atoms with Crippen LogP contribution in [0.1, 0.15) is 37.7 Å². The van der Waals surface area contributed by atoms with Gasteiger partial charge in [-0.3, -0.25) is 0 Å². The van der Waals surface area contributed by atoms with Crippen LogP contribution in [0.25, 0.3) is 0 Å². The summed E-state index contributed by atoms with van der Waals surface area (Å²) in [7, 11) is -8.02. The van der Waals surface area contributed by atoms with Gasteiger partial charge >= 0.3 is 0 Å². The van der Waals surface area contributed by atoms with E-state index < -0.39 is 65.1 Å². The van der Waals surface area contributed by atoms with E-state index >= 15 is 4.39 Å². The van der Waals surface area contributed by atoms with Crippen molar-refractivity contribution in [3.63, 3.8) is 0 Å². The van der Waals surface area contributed by atoms with Gasteiger partial charge in [0.2, 0.25) is 10.0 Å². The fourth-order valence-corrected chi connectivity index (χ4v) is 10.7. The van der Waals surface area contributed by atoms with Crippen LogP contribution >= 0.6 is 11.6 Å². The molecular weight excluding hydrogens is 536 g/mol. The third-order valence-electron chi connectivity index (χ3n) is 7.93. The molecular formula is C24H26ClF2NO6S2. The summed E-state index contributed by atoms with van der Waals surface area (Å²) in [5.74, 6) is -3.53. The standard InChI is InChI=1S/C24H26ClF2NO6S2/c25-14-3-5-15(6-4-14)35(30,31)24-10-9-21-17(12-16(2-1-11-29)36(32,33)28-21)18(24)13-34-23-20(27)8-7-19(26)22(23)24/h3-8,16-18,21,28-29H,1-2,9-13H2/t16-,17-,18+,21+,24+/m1/s1. The van der Waals surface area contributed by atoms with Crippen LogP contribution in [-0.4, -0.2) is 46.4 Å². The van der Waals surface area contributed by atoms with Gasteiger partial charge in [-0.25, -0.2) is 30.3 Å². The summed E-state index contributed by atoms with van der Waals surface area (Å²) in [5.41, 5.74) is -0.340. The van der Waals surface area contributed by atoms with Gasteiger partial charge in [0, 0.05) is 23.6 Å². The van der Waals surface area contributed by atoms with Crippen LogP contribution in [0.2, 0.25) is 5.02 Å². The van der Waals surface area contributed by atoms with Crippen molar-refractivity contribution in [3.05, 3.63) is 58.6 Å². The van der Waals surface area contributed by atoms with Gasteiger partial charge in [0.25, 0.3) is 0 Å². The molecule has 1 aliphatic carbocycles. The van der Waals surface area contributed by atoms with Crippen LogP contribution in [-0.2, 0) is 24.6 Å². The number of aliphatic hydroxyl groups excluding tert-OH is 1. The summed E-state index contributed by atoms with van der Waals surface area (Å²) in [6.45, 7) is -0.394. The number of aliphatic hydroxyl groups is 1. The van der Waals surface area contributed by atoms with E-state index in [1.165, 1.54) is 24.3 Å². The van der Waals surface area contributed by atoms with E-state index in [4.69, 9.17) is 16.3 Å². The second-order valence-corrected chi connectivity index (χ2v) is 14.3. The number of benzene rings is 2. The Labute approximate surface area is 213 Å². The highest BCUT2D eigenvalue weighted by atomic mass is 35.5. The van der Waals surface area contributed by atoms with Crippen molar-refractivity contribution in [1.82, 2.24) is 4.72 Å². The quantitative estimate of drug-likeness (QED) is 0.578. The average Bonchev–Trinajstić information content (AvgIpc) is 2.84. The molecule has 1 saturated heterocycles. The number of sulfone groups is 1. The Kier molecular flexibility index (Phi) is 6.60. The molecule has 0 bridgehead atoms. The first-order valence-electron chi connectivity index (χ1n) is 11.8. The third kappa shape index (κ3) is 3.86. The average molecular weight is 562 g/mol. The molecule has 7 nitrogen and oxygen atoms in total. The van der Waals surface area contributed by atoms with Crippen molar-refractivity contribution >= 4 is 31.5 Å². The number of nitrogens with one attached hydrogen (secondary N) is 1. The molecule has 196 valence electrons. The van der Waals surface area contributed by atoms with Gasteiger partial charge in [0.05, 0.1) is 22.3 Å². The lowest BCUT2D eigenvalue weighted by Crippen LogP contribution is -2.63. The van der Waals surface area contributed by atoms with Crippen LogP contribution in [0.3, 0.4) is 0 Å². The van der Waals surface area contributed by atoms with E-state index in [1.807, 2.05) is 0 Å². The van der Waals surface area contributed by atoms with Crippen LogP contribution in [0.15, 0.2) is 41.3 Å². The lowest BCUT2D eigenvalue weighted by Gasteiger charge is -2.54. The molecule has 0 spiro atoms. The van der Waals surface area contributed by atoms with Crippen molar-refractivity contribution in [1.29, 1.82) is 0 Å². The van der Waals surface area contributed by atoms with Gasteiger partial charge in [-0.1, -0.05) is 11.6 Å². The first-order chi connectivity index (χ1) is 17.0. The topological polar surface area (TPSA) is 110 Å². The summed E-state index contributed by atoms with van der Waals surface area (Å²) in [5, 5.41) is 8.72. The molecule has 1 saturated carbocycles. The minimum atomic E-state index is -4.33. The molecule has 0 amide bonds. The highest BCUT2D eigenvalue weighted by Crippen LogP contribution is 2.59. The fraction of sp³-hybridized carbons (Fsp3) is 0.500. The zero-order valence-electron chi connectivity index (χ0n) is 19.2. The number of hydrogen-bond donors (Lipinski definition) is 2. The van der Waals surface area contributed by atoms with Crippen molar-refractivity contribution < 1.29 is 35.5 Å². The fourth-order valence-electron chi connectivity index (χ4n) is 6.30. The molecule has 2 aliphatic heterocycles. The van der Waals surface area contributed by atoms with Crippen molar-refractivity contribution in [2.75, 3.05) is 13.2 Å². The lowest BCUT2D eigenvalue weighted by atomic mass is 9.64. The largest absolute Gasteiger partial charge is 0.490 e. The molecule has 36 heavy (non-hydrogen) atoms. The Bertz CT molecular complexity index is 1390. The second kappa shape index (κ2) is 9.20. The Hall–Kier alpha value is -1.79. The van der Waals surface area contributed by atoms with Gasteiger partial charge in [-0.15, -0.1) is 0 Å². The highest BCUT2D eigenvalue weighted by Gasteiger charge is 2.64. The molecule has 12 heteroatoms. The van der Waals surface area contributed by atoms with Crippen LogP contribution in [0.5, 0.6) is 5.75 Å². The van der Waals surface area contributed by atoms with Gasteiger partial charge in [0.15, 0.2) is 21.4 Å². The number of hydrogen-bond acceptors (Lipinski definition) is 6. The molecule has 5 rings (SSSR count). The predicted octanol–water partition coefficient (Wildman–Crippen LogP) is 3.54. The monoisotopic (exact) mass is 561 g/mol. The molecule has 2 heterocycles. The molecule has 2 aromatic carbocycles. The summed E-state index contributed by atoms with van der Waals surface area (Å²) >= 11 is 5.98. The summed E-state index contributed by atoms with van der Waals surface area (Å²) < 4.78 is 91.3. The first kappa shape index (κ1) is 25.8. The van der Waals surface area contributed by atoms with Crippen molar-refractivity contribution in [2.24, 2.45) is 11.8 Å². The van der Waals surface area contributed by atoms with Crippen LogP contribution in [0.4, 0.5) is 8.78 Å². The lowest BCUT2D eigenvalue weighted by molar-refractivity contribution is 0.0486. The van der Waals surface area contributed by atoms with Crippen molar-refractivity contribution in [3.8, 4) is 5.75 Å². The molecule has 2 N–H and O–H groups in total. The van der Waals surface area contributed by atoms with Crippen LogP contribution in [0, 0.1) is 23.5 Å². The Morgan fingerprint density at radius 1 is 1.14 bits per heavy atom. The number of fused-ring (bicyclic) bond motifs is 5. The number of halogens is 3.